The molecule has 0 spiro atoms. The van der Waals surface area contributed by atoms with Crippen LogP contribution in [0.2, 0.25) is 0 Å². The van der Waals surface area contributed by atoms with Crippen molar-refractivity contribution in [2.24, 2.45) is 0 Å². The SMILES string of the molecule is CC(C)(C)OC(=O)N1CCOCC1COc1ccc(N2CCCCC2)c(F)c1. The molecule has 3 rings (SSSR count). The Bertz CT molecular complexity index is 671. The average molecular weight is 394 g/mol. The number of benzene rings is 1. The summed E-state index contributed by atoms with van der Waals surface area (Å²) in [7, 11) is 0. The molecule has 1 atom stereocenters. The Morgan fingerprint density at radius 2 is 1.96 bits per heavy atom. The molecule has 1 aromatic rings. The third-order valence-electron chi connectivity index (χ3n) is 4.91. The van der Waals surface area contributed by atoms with Gasteiger partial charge < -0.3 is 19.1 Å². The first-order chi connectivity index (χ1) is 13.3. The van der Waals surface area contributed by atoms with Crippen molar-refractivity contribution in [1.29, 1.82) is 0 Å². The van der Waals surface area contributed by atoms with E-state index in [-0.39, 0.29) is 24.6 Å². The van der Waals surface area contributed by atoms with Crippen molar-refractivity contribution in [1.82, 2.24) is 4.90 Å². The van der Waals surface area contributed by atoms with Crippen molar-refractivity contribution in [3.05, 3.63) is 24.0 Å². The third kappa shape index (κ3) is 5.50. The van der Waals surface area contributed by atoms with E-state index >= 15 is 0 Å². The molecule has 0 aliphatic carbocycles. The molecule has 2 aliphatic heterocycles. The molecule has 0 radical (unpaired) electrons. The fraction of sp³-hybridized carbons (Fsp3) is 0.667. The number of ether oxygens (including phenoxy) is 3. The van der Waals surface area contributed by atoms with E-state index in [9.17, 15) is 9.18 Å². The predicted molar refractivity (Wildman–Crippen MR) is 106 cm³/mol. The summed E-state index contributed by atoms with van der Waals surface area (Å²) in [5, 5.41) is 0. The monoisotopic (exact) mass is 394 g/mol. The van der Waals surface area contributed by atoms with Crippen LogP contribution >= 0.6 is 0 Å². The first kappa shape index (κ1) is 20.7. The van der Waals surface area contributed by atoms with Gasteiger partial charge in [-0.25, -0.2) is 9.18 Å². The maximum Gasteiger partial charge on any atom is 0.410 e. The molecule has 2 fully saturated rings. The van der Waals surface area contributed by atoms with Gasteiger partial charge >= 0.3 is 6.09 Å². The highest BCUT2D eigenvalue weighted by atomic mass is 19.1. The second-order valence-electron chi connectivity index (χ2n) is 8.37. The molecule has 0 bridgehead atoms. The number of nitrogens with zero attached hydrogens (tertiary/aromatic N) is 2. The van der Waals surface area contributed by atoms with Crippen LogP contribution in [-0.4, -0.2) is 62.1 Å². The van der Waals surface area contributed by atoms with Crippen molar-refractivity contribution >= 4 is 11.8 Å². The van der Waals surface area contributed by atoms with Gasteiger partial charge in [-0.15, -0.1) is 0 Å². The molecule has 2 saturated heterocycles. The highest BCUT2D eigenvalue weighted by molar-refractivity contribution is 5.68. The number of carbonyl (C=O) groups excluding carboxylic acids is 1. The molecule has 1 amide bonds. The van der Waals surface area contributed by atoms with Gasteiger partial charge in [0.05, 0.1) is 24.9 Å². The molecule has 1 unspecified atom stereocenters. The average Bonchev–Trinajstić information content (AvgIpc) is 2.66. The molecule has 28 heavy (non-hydrogen) atoms. The van der Waals surface area contributed by atoms with Crippen molar-refractivity contribution in [3.8, 4) is 5.75 Å². The minimum absolute atomic E-state index is 0.224. The summed E-state index contributed by atoms with van der Waals surface area (Å²) in [6, 6.07) is 4.72. The van der Waals surface area contributed by atoms with E-state index in [0.717, 1.165) is 25.9 Å². The molecule has 1 aromatic carbocycles. The number of hydrogen-bond donors (Lipinski definition) is 0. The lowest BCUT2D eigenvalue weighted by Gasteiger charge is -2.36. The lowest BCUT2D eigenvalue weighted by atomic mass is 10.1. The molecule has 6 nitrogen and oxygen atoms in total. The van der Waals surface area contributed by atoms with E-state index in [0.29, 0.717) is 31.2 Å². The minimum atomic E-state index is -0.561. The zero-order chi connectivity index (χ0) is 20.1. The van der Waals surface area contributed by atoms with E-state index in [1.165, 1.54) is 12.5 Å². The summed E-state index contributed by atoms with van der Waals surface area (Å²) < 4.78 is 31.3. The third-order valence-corrected chi connectivity index (χ3v) is 4.91. The van der Waals surface area contributed by atoms with Gasteiger partial charge in [0.1, 0.15) is 23.8 Å². The van der Waals surface area contributed by atoms with Crippen LogP contribution in [0.1, 0.15) is 40.0 Å². The zero-order valence-corrected chi connectivity index (χ0v) is 17.1. The Morgan fingerprint density at radius 3 is 2.64 bits per heavy atom. The van der Waals surface area contributed by atoms with Crippen LogP contribution in [0.3, 0.4) is 0 Å². The maximum absolute atomic E-state index is 14.6. The minimum Gasteiger partial charge on any atom is -0.491 e. The smallest absolute Gasteiger partial charge is 0.410 e. The predicted octanol–water partition coefficient (Wildman–Crippen LogP) is 3.83. The van der Waals surface area contributed by atoms with Gasteiger partial charge in [-0.2, -0.15) is 0 Å². The highest BCUT2D eigenvalue weighted by Gasteiger charge is 2.31. The Morgan fingerprint density at radius 1 is 1.21 bits per heavy atom. The van der Waals surface area contributed by atoms with Gasteiger partial charge in [-0.1, -0.05) is 0 Å². The number of anilines is 1. The second kappa shape index (κ2) is 8.99. The quantitative estimate of drug-likeness (QED) is 0.777. The fourth-order valence-electron chi connectivity index (χ4n) is 3.51. The largest absolute Gasteiger partial charge is 0.491 e. The van der Waals surface area contributed by atoms with Gasteiger partial charge in [-0.3, -0.25) is 4.90 Å². The first-order valence-corrected chi connectivity index (χ1v) is 10.1. The van der Waals surface area contributed by atoms with Gasteiger partial charge in [0.25, 0.3) is 0 Å². The molecule has 156 valence electrons. The normalized spacial score (nSPS) is 20.8. The summed E-state index contributed by atoms with van der Waals surface area (Å²) in [4.78, 5) is 16.2. The molecule has 0 aromatic heterocycles. The standard InChI is InChI=1S/C21H31FN2O4/c1-21(2,3)28-20(25)24-11-12-26-14-16(24)15-27-17-7-8-19(18(22)13-17)23-9-5-4-6-10-23/h7-8,13,16H,4-6,9-12,14-15H2,1-3H3. The first-order valence-electron chi connectivity index (χ1n) is 10.1. The molecule has 0 saturated carbocycles. The van der Waals surface area contributed by atoms with Crippen molar-refractivity contribution in [2.75, 3.05) is 44.4 Å². The lowest BCUT2D eigenvalue weighted by Crippen LogP contribution is -2.52. The number of piperidine rings is 1. The van der Waals surface area contributed by atoms with E-state index < -0.39 is 5.60 Å². The number of morpholine rings is 1. The molecule has 2 heterocycles. The Kier molecular flexibility index (Phi) is 6.65. The van der Waals surface area contributed by atoms with Crippen LogP contribution in [0.5, 0.6) is 5.75 Å². The lowest BCUT2D eigenvalue weighted by molar-refractivity contribution is -0.0418. The van der Waals surface area contributed by atoms with E-state index in [1.807, 2.05) is 20.8 Å². The molecule has 7 heteroatoms. The number of hydrogen-bond acceptors (Lipinski definition) is 5. The molecular formula is C21H31FN2O4. The van der Waals surface area contributed by atoms with Gasteiger partial charge in [-0.05, 0) is 52.2 Å². The summed E-state index contributed by atoms with van der Waals surface area (Å²) >= 11 is 0. The number of amides is 1. The Labute approximate surface area is 166 Å². The summed E-state index contributed by atoms with van der Waals surface area (Å²) in [6.45, 7) is 8.80. The van der Waals surface area contributed by atoms with Crippen LogP contribution in [0, 0.1) is 5.82 Å². The molecule has 0 N–H and O–H groups in total. The van der Waals surface area contributed by atoms with Crippen LogP contribution < -0.4 is 9.64 Å². The van der Waals surface area contributed by atoms with E-state index in [1.54, 1.807) is 17.0 Å². The van der Waals surface area contributed by atoms with Crippen LogP contribution in [0.25, 0.3) is 0 Å². The Hall–Kier alpha value is -2.02. The van der Waals surface area contributed by atoms with Crippen molar-refractivity contribution in [3.63, 3.8) is 0 Å². The van der Waals surface area contributed by atoms with Crippen molar-refractivity contribution in [2.45, 2.75) is 51.7 Å². The number of halogens is 1. The highest BCUT2D eigenvalue weighted by Crippen LogP contribution is 2.27. The topological polar surface area (TPSA) is 51.2 Å². The van der Waals surface area contributed by atoms with E-state index in [4.69, 9.17) is 14.2 Å². The zero-order valence-electron chi connectivity index (χ0n) is 17.1. The number of rotatable bonds is 4. The van der Waals surface area contributed by atoms with Gasteiger partial charge in [0.15, 0.2) is 0 Å². The molecular weight excluding hydrogens is 363 g/mol. The van der Waals surface area contributed by atoms with Gasteiger partial charge in [0.2, 0.25) is 0 Å². The van der Waals surface area contributed by atoms with Crippen molar-refractivity contribution < 1.29 is 23.4 Å². The van der Waals surface area contributed by atoms with E-state index in [2.05, 4.69) is 4.90 Å². The van der Waals surface area contributed by atoms with Crippen LogP contribution in [0.15, 0.2) is 18.2 Å². The van der Waals surface area contributed by atoms with Crippen LogP contribution in [-0.2, 0) is 9.47 Å². The maximum atomic E-state index is 14.6. The Balaban J connectivity index is 1.60. The molecule has 2 aliphatic rings. The van der Waals surface area contributed by atoms with Crippen LogP contribution in [0.4, 0.5) is 14.9 Å². The second-order valence-corrected chi connectivity index (χ2v) is 8.37. The fourth-order valence-corrected chi connectivity index (χ4v) is 3.51. The van der Waals surface area contributed by atoms with Gasteiger partial charge in [0, 0.05) is 25.7 Å². The summed E-state index contributed by atoms with van der Waals surface area (Å²) in [6.07, 6.45) is 3.02. The summed E-state index contributed by atoms with van der Waals surface area (Å²) in [5.41, 5.74) is 0.0669. The number of carbonyl (C=O) groups is 1. The summed E-state index contributed by atoms with van der Waals surface area (Å²) in [5.74, 6) is 0.177.